The molecule has 0 saturated heterocycles. The van der Waals surface area contributed by atoms with Crippen LogP contribution in [0.15, 0.2) is 12.3 Å². The molecule has 1 atom stereocenters. The molecule has 0 aliphatic carbocycles. The number of hydrogen-bond acceptors (Lipinski definition) is 3. The minimum absolute atomic E-state index is 0.0287. The number of nitrogens with zero attached hydrogens (tertiary/aromatic N) is 2. The Morgan fingerprint density at radius 3 is 3.00 bits per heavy atom. The number of nitrogens with two attached hydrogens (primary N) is 1. The Morgan fingerprint density at radius 1 is 1.73 bits per heavy atom. The first-order valence-corrected chi connectivity index (χ1v) is 5.20. The summed E-state index contributed by atoms with van der Waals surface area (Å²) in [5.74, 6) is 0.406. The van der Waals surface area contributed by atoms with Gasteiger partial charge in [0, 0.05) is 12.2 Å². The number of carbonyl (C=O) groups is 1. The molecule has 84 valence electrons. The highest BCUT2D eigenvalue weighted by Crippen LogP contribution is 1.97. The van der Waals surface area contributed by atoms with E-state index < -0.39 is 0 Å². The number of carbonyl (C=O) groups excluding carboxylic acids is 1. The van der Waals surface area contributed by atoms with Crippen molar-refractivity contribution in [2.75, 3.05) is 5.73 Å². The lowest BCUT2D eigenvalue weighted by atomic mass is 10.2. The van der Waals surface area contributed by atoms with Crippen molar-refractivity contribution in [3.05, 3.63) is 12.3 Å². The molecule has 5 heteroatoms. The fourth-order valence-corrected chi connectivity index (χ4v) is 1.44. The molecule has 15 heavy (non-hydrogen) atoms. The third-order valence-corrected chi connectivity index (χ3v) is 2.10. The van der Waals surface area contributed by atoms with Gasteiger partial charge in [-0.05, 0) is 19.4 Å². The van der Waals surface area contributed by atoms with Crippen LogP contribution in [0.25, 0.3) is 0 Å². The summed E-state index contributed by atoms with van der Waals surface area (Å²) in [4.78, 5) is 11.5. The standard InChI is InChI=1S/C10H18N4O/c1-3-4-8(2)12-10(15)7-14-6-5-9(11)13-14/h5-6,8H,3-4,7H2,1-2H3,(H2,11,13)(H,12,15). The quantitative estimate of drug-likeness (QED) is 0.754. The highest BCUT2D eigenvalue weighted by atomic mass is 16.2. The van der Waals surface area contributed by atoms with Crippen LogP contribution in [0.2, 0.25) is 0 Å². The van der Waals surface area contributed by atoms with Crippen molar-refractivity contribution < 1.29 is 4.79 Å². The number of nitrogens with one attached hydrogen (secondary N) is 1. The van der Waals surface area contributed by atoms with Crippen LogP contribution in [0.1, 0.15) is 26.7 Å². The van der Waals surface area contributed by atoms with Gasteiger partial charge in [-0.2, -0.15) is 5.10 Å². The number of nitrogen functional groups attached to an aromatic ring is 1. The van der Waals surface area contributed by atoms with Crippen molar-refractivity contribution in [1.82, 2.24) is 15.1 Å². The largest absolute Gasteiger partial charge is 0.382 e. The number of amides is 1. The minimum Gasteiger partial charge on any atom is -0.382 e. The van der Waals surface area contributed by atoms with Gasteiger partial charge in [0.15, 0.2) is 0 Å². The van der Waals surface area contributed by atoms with E-state index in [0.717, 1.165) is 12.8 Å². The van der Waals surface area contributed by atoms with E-state index in [0.29, 0.717) is 5.82 Å². The summed E-state index contributed by atoms with van der Waals surface area (Å²) in [6.45, 7) is 4.32. The van der Waals surface area contributed by atoms with Gasteiger partial charge in [0.25, 0.3) is 0 Å². The molecule has 1 aromatic heterocycles. The van der Waals surface area contributed by atoms with Gasteiger partial charge >= 0.3 is 0 Å². The summed E-state index contributed by atoms with van der Waals surface area (Å²) in [6.07, 6.45) is 3.75. The lowest BCUT2D eigenvalue weighted by molar-refractivity contribution is -0.122. The van der Waals surface area contributed by atoms with Crippen LogP contribution in [-0.4, -0.2) is 21.7 Å². The molecule has 5 nitrogen and oxygen atoms in total. The molecule has 1 unspecified atom stereocenters. The third kappa shape index (κ3) is 4.01. The van der Waals surface area contributed by atoms with Gasteiger partial charge in [0.1, 0.15) is 12.4 Å². The zero-order chi connectivity index (χ0) is 11.3. The maximum absolute atomic E-state index is 11.5. The average Bonchev–Trinajstić information content (AvgIpc) is 2.51. The summed E-state index contributed by atoms with van der Waals surface area (Å²) in [7, 11) is 0. The van der Waals surface area contributed by atoms with Crippen molar-refractivity contribution in [2.45, 2.75) is 39.3 Å². The zero-order valence-corrected chi connectivity index (χ0v) is 9.23. The second-order valence-electron chi connectivity index (χ2n) is 3.70. The maximum Gasteiger partial charge on any atom is 0.241 e. The Bertz CT molecular complexity index is 321. The maximum atomic E-state index is 11.5. The van der Waals surface area contributed by atoms with Crippen LogP contribution in [0.3, 0.4) is 0 Å². The van der Waals surface area contributed by atoms with E-state index in [9.17, 15) is 4.79 Å². The smallest absolute Gasteiger partial charge is 0.241 e. The summed E-state index contributed by atoms with van der Waals surface area (Å²) in [6, 6.07) is 1.89. The predicted octanol–water partition coefficient (Wildman–Crippen LogP) is 0.770. The molecule has 1 aromatic rings. The number of aromatic nitrogens is 2. The number of anilines is 1. The molecule has 0 fully saturated rings. The molecule has 0 aromatic carbocycles. The Labute approximate surface area is 89.6 Å². The molecule has 3 N–H and O–H groups in total. The van der Waals surface area contributed by atoms with Gasteiger partial charge in [-0.3, -0.25) is 9.48 Å². The summed E-state index contributed by atoms with van der Waals surface area (Å²) in [5, 5.41) is 6.84. The SMILES string of the molecule is CCCC(C)NC(=O)Cn1ccc(N)n1. The monoisotopic (exact) mass is 210 g/mol. The zero-order valence-electron chi connectivity index (χ0n) is 9.23. The lowest BCUT2D eigenvalue weighted by Crippen LogP contribution is -2.35. The molecule has 1 amide bonds. The van der Waals surface area contributed by atoms with E-state index in [1.54, 1.807) is 12.3 Å². The molecule has 0 saturated carbocycles. The first kappa shape index (κ1) is 11.6. The molecule has 0 bridgehead atoms. The van der Waals surface area contributed by atoms with Crippen LogP contribution >= 0.6 is 0 Å². The van der Waals surface area contributed by atoms with Gasteiger partial charge in [-0.15, -0.1) is 0 Å². The fraction of sp³-hybridized carbons (Fsp3) is 0.600. The van der Waals surface area contributed by atoms with E-state index in [4.69, 9.17) is 5.73 Å². The lowest BCUT2D eigenvalue weighted by Gasteiger charge is -2.12. The summed E-state index contributed by atoms with van der Waals surface area (Å²) >= 11 is 0. The van der Waals surface area contributed by atoms with Gasteiger partial charge in [0.2, 0.25) is 5.91 Å². The molecule has 0 spiro atoms. The Balaban J connectivity index is 2.36. The Hall–Kier alpha value is -1.52. The van der Waals surface area contributed by atoms with Gasteiger partial charge in [-0.25, -0.2) is 0 Å². The van der Waals surface area contributed by atoms with Crippen LogP contribution in [0.4, 0.5) is 5.82 Å². The van der Waals surface area contributed by atoms with Gasteiger partial charge in [0.05, 0.1) is 0 Å². The summed E-state index contributed by atoms with van der Waals surface area (Å²) in [5.41, 5.74) is 5.44. The third-order valence-electron chi connectivity index (χ3n) is 2.10. The Morgan fingerprint density at radius 2 is 2.47 bits per heavy atom. The average molecular weight is 210 g/mol. The van der Waals surface area contributed by atoms with E-state index in [1.165, 1.54) is 4.68 Å². The highest BCUT2D eigenvalue weighted by molar-refractivity contribution is 5.75. The highest BCUT2D eigenvalue weighted by Gasteiger charge is 2.07. The first-order valence-electron chi connectivity index (χ1n) is 5.20. The van der Waals surface area contributed by atoms with E-state index >= 15 is 0 Å². The van der Waals surface area contributed by atoms with Gasteiger partial charge < -0.3 is 11.1 Å². The van der Waals surface area contributed by atoms with Crippen molar-refractivity contribution in [1.29, 1.82) is 0 Å². The second kappa shape index (κ2) is 5.38. The number of rotatable bonds is 5. The first-order chi connectivity index (χ1) is 7.11. The normalized spacial score (nSPS) is 12.4. The predicted molar refractivity (Wildman–Crippen MR) is 59.2 cm³/mol. The fourth-order valence-electron chi connectivity index (χ4n) is 1.44. The Kier molecular flexibility index (Phi) is 4.15. The van der Waals surface area contributed by atoms with Crippen LogP contribution < -0.4 is 11.1 Å². The molecule has 0 radical (unpaired) electrons. The second-order valence-corrected chi connectivity index (χ2v) is 3.70. The van der Waals surface area contributed by atoms with Gasteiger partial charge in [-0.1, -0.05) is 13.3 Å². The van der Waals surface area contributed by atoms with Crippen LogP contribution in [0, 0.1) is 0 Å². The van der Waals surface area contributed by atoms with Crippen LogP contribution in [-0.2, 0) is 11.3 Å². The van der Waals surface area contributed by atoms with Crippen molar-refractivity contribution in [2.24, 2.45) is 0 Å². The van der Waals surface area contributed by atoms with E-state index in [2.05, 4.69) is 17.3 Å². The van der Waals surface area contributed by atoms with Crippen molar-refractivity contribution in [3.8, 4) is 0 Å². The molecule has 0 aliphatic rings. The molecule has 1 rings (SSSR count). The summed E-state index contributed by atoms with van der Waals surface area (Å²) < 4.78 is 1.53. The molecular weight excluding hydrogens is 192 g/mol. The molecule has 0 aliphatic heterocycles. The molecular formula is C10H18N4O. The topological polar surface area (TPSA) is 72.9 Å². The van der Waals surface area contributed by atoms with E-state index in [1.807, 2.05) is 6.92 Å². The number of hydrogen-bond donors (Lipinski definition) is 2. The van der Waals surface area contributed by atoms with E-state index in [-0.39, 0.29) is 18.5 Å². The molecule has 1 heterocycles. The van der Waals surface area contributed by atoms with Crippen molar-refractivity contribution >= 4 is 11.7 Å². The minimum atomic E-state index is -0.0287. The van der Waals surface area contributed by atoms with Crippen molar-refractivity contribution in [3.63, 3.8) is 0 Å². The van der Waals surface area contributed by atoms with Crippen LogP contribution in [0.5, 0.6) is 0 Å².